The Balaban J connectivity index is 2.62. The number of carbonyl (C=O) groups excluding carboxylic acids is 2. The van der Waals surface area contributed by atoms with Gasteiger partial charge >= 0.3 is 0 Å². The summed E-state index contributed by atoms with van der Waals surface area (Å²) in [6.07, 6.45) is 1.91. The van der Waals surface area contributed by atoms with E-state index >= 15 is 0 Å². The third kappa shape index (κ3) is 3.30. The van der Waals surface area contributed by atoms with E-state index in [0.717, 1.165) is 0 Å². The minimum atomic E-state index is -0.269. The summed E-state index contributed by atoms with van der Waals surface area (Å²) in [6, 6.07) is 0. The maximum atomic E-state index is 12.1. The van der Waals surface area contributed by atoms with Crippen molar-refractivity contribution in [2.24, 2.45) is 5.92 Å². The van der Waals surface area contributed by atoms with Crippen LogP contribution in [0.5, 0.6) is 0 Å². The molecule has 1 atom stereocenters. The van der Waals surface area contributed by atoms with Gasteiger partial charge in [0.05, 0.1) is 12.5 Å². The molecule has 1 saturated heterocycles. The zero-order valence-corrected chi connectivity index (χ0v) is 10.3. The molecule has 0 bridgehead atoms. The smallest absolute Gasteiger partial charge is 0.228 e. The molecule has 1 unspecified atom stereocenters. The minimum Gasteiger partial charge on any atom is -0.395 e. The maximum Gasteiger partial charge on any atom is 0.228 e. The average Bonchev–Trinajstić information content (AvgIpc) is 2.69. The average molecular weight is 240 g/mol. The lowest BCUT2D eigenvalue weighted by Gasteiger charge is -2.23. The third-order valence-corrected chi connectivity index (χ3v) is 2.98. The molecule has 17 heavy (non-hydrogen) atoms. The van der Waals surface area contributed by atoms with Crippen LogP contribution in [-0.4, -0.2) is 59.5 Å². The van der Waals surface area contributed by atoms with Crippen molar-refractivity contribution in [3.8, 4) is 0 Å². The van der Waals surface area contributed by atoms with E-state index in [4.69, 9.17) is 5.11 Å². The summed E-state index contributed by atoms with van der Waals surface area (Å²) in [5.41, 5.74) is 0. The van der Waals surface area contributed by atoms with E-state index < -0.39 is 0 Å². The van der Waals surface area contributed by atoms with Gasteiger partial charge in [0.15, 0.2) is 0 Å². The highest BCUT2D eigenvalue weighted by atomic mass is 16.3. The Hall–Kier alpha value is -1.36. The first kappa shape index (κ1) is 13.7. The molecule has 0 aromatic heterocycles. The zero-order valence-electron chi connectivity index (χ0n) is 10.3. The monoisotopic (exact) mass is 240 g/mol. The van der Waals surface area contributed by atoms with Gasteiger partial charge in [0, 0.05) is 32.6 Å². The molecule has 1 aliphatic rings. The highest BCUT2D eigenvalue weighted by Gasteiger charge is 2.35. The van der Waals surface area contributed by atoms with Gasteiger partial charge in [-0.1, -0.05) is 6.08 Å². The predicted molar refractivity (Wildman–Crippen MR) is 64.2 cm³/mol. The molecule has 1 N–H and O–H groups in total. The number of carbonyl (C=O) groups is 2. The highest BCUT2D eigenvalue weighted by Crippen LogP contribution is 2.19. The van der Waals surface area contributed by atoms with Gasteiger partial charge in [0.25, 0.3) is 0 Å². The fraction of sp³-hybridized carbons (Fsp3) is 0.667. The highest BCUT2D eigenvalue weighted by molar-refractivity contribution is 5.89. The number of nitrogens with zero attached hydrogens (tertiary/aromatic N) is 2. The van der Waals surface area contributed by atoms with Gasteiger partial charge in [-0.05, 0) is 6.92 Å². The van der Waals surface area contributed by atoms with Gasteiger partial charge in [-0.25, -0.2) is 0 Å². The van der Waals surface area contributed by atoms with Crippen molar-refractivity contribution in [1.82, 2.24) is 9.80 Å². The van der Waals surface area contributed by atoms with E-state index in [9.17, 15) is 9.59 Å². The zero-order chi connectivity index (χ0) is 12.8. The summed E-state index contributed by atoms with van der Waals surface area (Å²) in [5.74, 6) is -0.300. The van der Waals surface area contributed by atoms with Crippen molar-refractivity contribution < 1.29 is 14.7 Å². The first-order chi connectivity index (χ1) is 8.13. The van der Waals surface area contributed by atoms with Gasteiger partial charge in [0.1, 0.15) is 0 Å². The van der Waals surface area contributed by atoms with Gasteiger partial charge in [0.2, 0.25) is 11.8 Å². The van der Waals surface area contributed by atoms with Gasteiger partial charge in [-0.2, -0.15) is 0 Å². The summed E-state index contributed by atoms with van der Waals surface area (Å²) in [5, 5.41) is 8.90. The molecule has 5 heteroatoms. The van der Waals surface area contributed by atoms with Crippen LogP contribution >= 0.6 is 0 Å². The Morgan fingerprint density at radius 2 is 2.41 bits per heavy atom. The van der Waals surface area contributed by atoms with Crippen molar-refractivity contribution in [1.29, 1.82) is 0 Å². The van der Waals surface area contributed by atoms with Crippen LogP contribution in [-0.2, 0) is 9.59 Å². The Morgan fingerprint density at radius 3 is 2.88 bits per heavy atom. The number of likely N-dealkylation sites (tertiary alicyclic amines) is 1. The normalized spacial score (nSPS) is 19.5. The molecule has 0 spiro atoms. The number of rotatable bonds is 6. The van der Waals surface area contributed by atoms with Crippen molar-refractivity contribution in [2.75, 3.05) is 32.8 Å². The second-order valence-corrected chi connectivity index (χ2v) is 4.13. The number of aliphatic hydroxyl groups excluding tert-OH is 1. The molecule has 1 heterocycles. The lowest BCUT2D eigenvalue weighted by Crippen LogP contribution is -2.39. The molecule has 1 aliphatic heterocycles. The second kappa shape index (κ2) is 6.39. The third-order valence-electron chi connectivity index (χ3n) is 2.98. The van der Waals surface area contributed by atoms with Crippen molar-refractivity contribution in [3.05, 3.63) is 12.7 Å². The van der Waals surface area contributed by atoms with Crippen LogP contribution in [0, 0.1) is 5.92 Å². The molecule has 96 valence electrons. The Kier molecular flexibility index (Phi) is 5.15. The Labute approximate surface area is 102 Å². The van der Waals surface area contributed by atoms with Crippen molar-refractivity contribution in [3.63, 3.8) is 0 Å². The molecule has 0 aliphatic carbocycles. The summed E-state index contributed by atoms with van der Waals surface area (Å²) in [7, 11) is 0. The Morgan fingerprint density at radius 1 is 1.71 bits per heavy atom. The number of hydrogen-bond donors (Lipinski definition) is 1. The van der Waals surface area contributed by atoms with E-state index in [1.54, 1.807) is 15.9 Å². The Bertz CT molecular complexity index is 304. The van der Waals surface area contributed by atoms with Crippen LogP contribution in [0.25, 0.3) is 0 Å². The van der Waals surface area contributed by atoms with Crippen LogP contribution in [0.3, 0.4) is 0 Å². The topological polar surface area (TPSA) is 60.9 Å². The molecule has 5 nitrogen and oxygen atoms in total. The minimum absolute atomic E-state index is 0.0356. The summed E-state index contributed by atoms with van der Waals surface area (Å²) in [6.45, 7) is 7.26. The van der Waals surface area contributed by atoms with E-state index in [-0.39, 0.29) is 30.8 Å². The molecule has 1 fully saturated rings. The molecule has 2 amide bonds. The van der Waals surface area contributed by atoms with Crippen LogP contribution in [0.4, 0.5) is 0 Å². The van der Waals surface area contributed by atoms with E-state index in [1.165, 1.54) is 0 Å². The molecule has 0 radical (unpaired) electrons. The quantitative estimate of drug-likeness (QED) is 0.657. The maximum absolute atomic E-state index is 12.1. The SMILES string of the molecule is C=CCN(CCO)C(=O)C1CC(=O)N(CC)C1. The first-order valence-corrected chi connectivity index (χ1v) is 5.92. The van der Waals surface area contributed by atoms with E-state index in [0.29, 0.717) is 26.2 Å². The lowest BCUT2D eigenvalue weighted by atomic mass is 10.1. The van der Waals surface area contributed by atoms with E-state index in [2.05, 4.69) is 6.58 Å². The summed E-state index contributed by atoms with van der Waals surface area (Å²) in [4.78, 5) is 26.9. The molecule has 0 aromatic rings. The molecule has 1 rings (SSSR count). The van der Waals surface area contributed by atoms with E-state index in [1.807, 2.05) is 6.92 Å². The number of amides is 2. The van der Waals surface area contributed by atoms with Crippen LogP contribution in [0.1, 0.15) is 13.3 Å². The van der Waals surface area contributed by atoms with Crippen LogP contribution < -0.4 is 0 Å². The number of hydrogen-bond acceptors (Lipinski definition) is 3. The summed E-state index contributed by atoms with van der Waals surface area (Å²) >= 11 is 0. The summed E-state index contributed by atoms with van der Waals surface area (Å²) < 4.78 is 0. The molecule has 0 saturated carbocycles. The molecule has 0 aromatic carbocycles. The van der Waals surface area contributed by atoms with Crippen LogP contribution in [0.2, 0.25) is 0 Å². The largest absolute Gasteiger partial charge is 0.395 e. The van der Waals surface area contributed by atoms with Gasteiger partial charge in [-0.3, -0.25) is 9.59 Å². The second-order valence-electron chi connectivity index (χ2n) is 4.13. The fourth-order valence-corrected chi connectivity index (χ4v) is 2.07. The molecular weight excluding hydrogens is 220 g/mol. The fourth-order valence-electron chi connectivity index (χ4n) is 2.07. The molecular formula is C12H20N2O3. The van der Waals surface area contributed by atoms with Crippen molar-refractivity contribution in [2.45, 2.75) is 13.3 Å². The van der Waals surface area contributed by atoms with Gasteiger partial charge in [-0.15, -0.1) is 6.58 Å². The standard InChI is InChI=1S/C12H20N2O3/c1-3-5-14(6-7-15)12(17)10-8-11(16)13(4-2)9-10/h3,10,15H,1,4-9H2,2H3. The first-order valence-electron chi connectivity index (χ1n) is 5.92. The van der Waals surface area contributed by atoms with Crippen LogP contribution in [0.15, 0.2) is 12.7 Å². The van der Waals surface area contributed by atoms with Gasteiger partial charge < -0.3 is 14.9 Å². The number of aliphatic hydroxyl groups is 1. The predicted octanol–water partition coefficient (Wildman–Crippen LogP) is -0.138. The van der Waals surface area contributed by atoms with Crippen molar-refractivity contribution >= 4 is 11.8 Å². The lowest BCUT2D eigenvalue weighted by molar-refractivity contribution is -0.135.